The highest BCUT2D eigenvalue weighted by Gasteiger charge is 2.30. The normalized spacial score (nSPS) is 11.8. The van der Waals surface area contributed by atoms with Crippen LogP contribution in [0.3, 0.4) is 0 Å². The standard InChI is InChI=1S/C56H38BN2/c1-4-14-38(15-5-1)41-24-29-47(30-25-41)58-52-36-44-21-11-10-20-43(44)34-50(52)55-49-23-13-12-22-46(49)37-54-56(55)57-51-35-45(40-18-8-3-9-19-40)28-33-53(51)59(54)48-31-26-42(27-32-48)39-16-6-2-7-17-39/h1-37,58H. The third kappa shape index (κ3) is 6.44. The molecular weight excluding hydrogens is 711 g/mol. The van der Waals surface area contributed by atoms with Crippen LogP contribution in [0, 0.1) is 0 Å². The summed E-state index contributed by atoms with van der Waals surface area (Å²) in [6.45, 7) is 0. The van der Waals surface area contributed by atoms with Gasteiger partial charge in [-0.05, 0) is 114 Å². The van der Waals surface area contributed by atoms with Crippen LogP contribution in [0.2, 0.25) is 0 Å². The molecule has 2 nitrogen and oxygen atoms in total. The summed E-state index contributed by atoms with van der Waals surface area (Å²) in [6, 6.07) is 81.2. The molecule has 0 spiro atoms. The minimum Gasteiger partial charge on any atom is -0.355 e. The average molecular weight is 750 g/mol. The number of rotatable bonds is 7. The SMILES string of the molecule is [B]1c2cc(-c3ccccc3)ccc2N(c2ccc(-c3ccccc3)cc2)c2cc3ccccc3c(-c3cc4ccccc4cc3Nc3ccc(-c4ccccc4)cc3)c21. The molecule has 1 radical (unpaired) electrons. The largest absolute Gasteiger partial charge is 0.355 e. The van der Waals surface area contributed by atoms with Crippen molar-refractivity contribution < 1.29 is 0 Å². The van der Waals surface area contributed by atoms with Crippen molar-refractivity contribution in [2.45, 2.75) is 0 Å². The van der Waals surface area contributed by atoms with Gasteiger partial charge >= 0.3 is 0 Å². The molecule has 59 heavy (non-hydrogen) atoms. The van der Waals surface area contributed by atoms with Crippen molar-refractivity contribution in [2.24, 2.45) is 0 Å². The number of benzene rings is 10. The quantitative estimate of drug-likeness (QED) is 0.163. The maximum absolute atomic E-state index is 3.90. The second kappa shape index (κ2) is 14.7. The number of hydrogen-bond donors (Lipinski definition) is 1. The zero-order valence-corrected chi connectivity index (χ0v) is 32.4. The lowest BCUT2D eigenvalue weighted by Gasteiger charge is -2.36. The molecule has 0 saturated heterocycles. The van der Waals surface area contributed by atoms with E-state index < -0.39 is 0 Å². The molecule has 3 heteroatoms. The van der Waals surface area contributed by atoms with Crippen LogP contribution in [0.15, 0.2) is 224 Å². The summed E-state index contributed by atoms with van der Waals surface area (Å²) in [5.41, 5.74) is 17.4. The summed E-state index contributed by atoms with van der Waals surface area (Å²) in [4.78, 5) is 2.46. The molecule has 10 aromatic carbocycles. The van der Waals surface area contributed by atoms with Crippen LogP contribution in [0.25, 0.3) is 66.1 Å². The first-order valence-electron chi connectivity index (χ1n) is 20.2. The fourth-order valence-electron chi connectivity index (χ4n) is 8.73. The molecule has 0 atom stereocenters. The second-order valence-corrected chi connectivity index (χ2v) is 15.3. The lowest BCUT2D eigenvalue weighted by atomic mass is 9.57. The summed E-state index contributed by atoms with van der Waals surface area (Å²) < 4.78 is 0. The molecule has 0 aromatic heterocycles. The van der Waals surface area contributed by atoms with E-state index in [1.807, 2.05) is 0 Å². The number of fused-ring (bicyclic) bond motifs is 4. The van der Waals surface area contributed by atoms with E-state index >= 15 is 0 Å². The lowest BCUT2D eigenvalue weighted by Crippen LogP contribution is -2.41. The fraction of sp³-hybridized carbons (Fsp3) is 0. The Hall–Kier alpha value is -7.62. The number of nitrogens with one attached hydrogen (secondary N) is 1. The number of nitrogens with zero attached hydrogens (tertiary/aromatic N) is 1. The van der Waals surface area contributed by atoms with Crippen molar-refractivity contribution in [1.29, 1.82) is 0 Å². The highest BCUT2D eigenvalue weighted by atomic mass is 15.1. The van der Waals surface area contributed by atoms with Gasteiger partial charge in [0.05, 0.1) is 0 Å². The van der Waals surface area contributed by atoms with Gasteiger partial charge in [0, 0.05) is 34.0 Å². The Labute approximate surface area is 345 Å². The van der Waals surface area contributed by atoms with Crippen LogP contribution in [-0.2, 0) is 0 Å². The van der Waals surface area contributed by atoms with E-state index in [0.717, 1.165) is 34.0 Å². The van der Waals surface area contributed by atoms with Crippen LogP contribution in [0.5, 0.6) is 0 Å². The van der Waals surface area contributed by atoms with Crippen molar-refractivity contribution in [3.05, 3.63) is 224 Å². The van der Waals surface area contributed by atoms with Crippen molar-refractivity contribution in [3.8, 4) is 44.5 Å². The Morgan fingerprint density at radius 3 is 1.53 bits per heavy atom. The molecule has 0 saturated carbocycles. The molecule has 1 heterocycles. The minimum atomic E-state index is 1.04. The zero-order valence-electron chi connectivity index (χ0n) is 32.4. The Morgan fingerprint density at radius 1 is 0.373 bits per heavy atom. The van der Waals surface area contributed by atoms with E-state index in [9.17, 15) is 0 Å². The molecule has 0 bridgehead atoms. The third-order valence-electron chi connectivity index (χ3n) is 11.6. The zero-order chi connectivity index (χ0) is 39.1. The molecule has 10 aromatic rings. The van der Waals surface area contributed by atoms with Gasteiger partial charge in [-0.2, -0.15) is 0 Å². The molecule has 0 amide bonds. The first-order valence-corrected chi connectivity index (χ1v) is 20.2. The maximum atomic E-state index is 3.90. The van der Waals surface area contributed by atoms with Gasteiger partial charge in [0.1, 0.15) is 0 Å². The number of anilines is 5. The predicted octanol–water partition coefficient (Wildman–Crippen LogP) is 13.8. The first-order chi connectivity index (χ1) is 29.2. The summed E-state index contributed by atoms with van der Waals surface area (Å²) in [5.74, 6) is 0. The lowest BCUT2D eigenvalue weighted by molar-refractivity contribution is 1.30. The molecular formula is C56H38BN2. The van der Waals surface area contributed by atoms with Crippen LogP contribution in [-0.4, -0.2) is 7.28 Å². The van der Waals surface area contributed by atoms with E-state index in [0.29, 0.717) is 0 Å². The topological polar surface area (TPSA) is 15.3 Å². The van der Waals surface area contributed by atoms with Gasteiger partial charge in [0.25, 0.3) is 0 Å². The molecule has 0 aliphatic carbocycles. The maximum Gasteiger partial charge on any atom is 0.197 e. The third-order valence-corrected chi connectivity index (χ3v) is 11.6. The molecule has 11 rings (SSSR count). The van der Waals surface area contributed by atoms with E-state index in [-0.39, 0.29) is 0 Å². The van der Waals surface area contributed by atoms with E-state index in [1.54, 1.807) is 0 Å². The Balaban J connectivity index is 1.13. The van der Waals surface area contributed by atoms with Crippen molar-refractivity contribution in [3.63, 3.8) is 0 Å². The van der Waals surface area contributed by atoms with E-state index in [1.165, 1.54) is 71.4 Å². The summed E-state index contributed by atoms with van der Waals surface area (Å²) in [6.07, 6.45) is 0. The van der Waals surface area contributed by atoms with Gasteiger partial charge in [-0.25, -0.2) is 0 Å². The molecule has 0 fully saturated rings. The molecule has 1 aliphatic rings. The molecule has 275 valence electrons. The van der Waals surface area contributed by atoms with Crippen LogP contribution in [0.1, 0.15) is 0 Å². The number of hydrogen-bond acceptors (Lipinski definition) is 2. The van der Waals surface area contributed by atoms with Gasteiger partial charge in [-0.1, -0.05) is 181 Å². The van der Waals surface area contributed by atoms with Crippen molar-refractivity contribution >= 4 is 68.2 Å². The summed E-state index contributed by atoms with van der Waals surface area (Å²) in [7, 11) is 2.42. The molecule has 1 N–H and O–H groups in total. The van der Waals surface area contributed by atoms with Gasteiger partial charge in [-0.3, -0.25) is 0 Å². The Kier molecular flexibility index (Phi) is 8.63. The molecule has 1 aliphatic heterocycles. The van der Waals surface area contributed by atoms with Crippen molar-refractivity contribution in [2.75, 3.05) is 10.2 Å². The van der Waals surface area contributed by atoms with Gasteiger partial charge in [0.15, 0.2) is 7.28 Å². The van der Waals surface area contributed by atoms with Crippen molar-refractivity contribution in [1.82, 2.24) is 0 Å². The van der Waals surface area contributed by atoms with Crippen LogP contribution < -0.4 is 21.1 Å². The molecule has 0 unspecified atom stereocenters. The minimum absolute atomic E-state index is 1.04. The van der Waals surface area contributed by atoms with Gasteiger partial charge < -0.3 is 10.2 Å². The Morgan fingerprint density at radius 2 is 0.881 bits per heavy atom. The summed E-state index contributed by atoms with van der Waals surface area (Å²) >= 11 is 0. The monoisotopic (exact) mass is 749 g/mol. The van der Waals surface area contributed by atoms with Crippen LogP contribution >= 0.6 is 0 Å². The van der Waals surface area contributed by atoms with E-state index in [4.69, 9.17) is 0 Å². The van der Waals surface area contributed by atoms with Crippen LogP contribution in [0.4, 0.5) is 28.4 Å². The average Bonchev–Trinajstić information content (AvgIpc) is 3.31. The van der Waals surface area contributed by atoms with Gasteiger partial charge in [-0.15, -0.1) is 0 Å². The summed E-state index contributed by atoms with van der Waals surface area (Å²) in [5, 5.41) is 8.69. The first kappa shape index (κ1) is 34.6. The highest BCUT2D eigenvalue weighted by Crippen LogP contribution is 2.44. The highest BCUT2D eigenvalue weighted by molar-refractivity contribution is 6.74. The Bertz CT molecular complexity index is 3120. The smallest absolute Gasteiger partial charge is 0.197 e. The fourth-order valence-corrected chi connectivity index (χ4v) is 8.73. The van der Waals surface area contributed by atoms with E-state index in [2.05, 4.69) is 242 Å². The van der Waals surface area contributed by atoms with Gasteiger partial charge in [0.2, 0.25) is 0 Å². The second-order valence-electron chi connectivity index (χ2n) is 15.3. The predicted molar refractivity (Wildman–Crippen MR) is 253 cm³/mol.